The molecule has 3 aromatic carbocycles. The highest BCUT2D eigenvalue weighted by molar-refractivity contribution is 5.66. The summed E-state index contributed by atoms with van der Waals surface area (Å²) in [4.78, 5) is 2.48. The molecule has 3 atom stereocenters. The Balaban J connectivity index is 1.42. The molecular weight excluding hydrogens is 362 g/mol. The fraction of sp³-hybridized carbons (Fsp3) is 0.250. The molecule has 146 valence electrons. The third-order valence-corrected chi connectivity index (χ3v) is 6.25. The van der Waals surface area contributed by atoms with Crippen LogP contribution in [-0.2, 0) is 6.54 Å². The van der Waals surface area contributed by atoms with Gasteiger partial charge in [-0.15, -0.1) is 0 Å². The minimum absolute atomic E-state index is 0.233. The van der Waals surface area contributed by atoms with Crippen molar-refractivity contribution in [2.45, 2.75) is 18.6 Å². The van der Waals surface area contributed by atoms with Crippen molar-refractivity contribution in [1.29, 1.82) is 0 Å². The van der Waals surface area contributed by atoms with Crippen molar-refractivity contribution in [2.24, 2.45) is 5.92 Å². The third-order valence-electron chi connectivity index (χ3n) is 6.25. The molecule has 0 aliphatic carbocycles. The Bertz CT molecular complexity index is 1030. The molecule has 5 heteroatoms. The number of nitrogens with zero attached hydrogens (tertiary/aromatic N) is 1. The second-order valence-corrected chi connectivity index (χ2v) is 7.95. The molecule has 2 N–H and O–H groups in total. The summed E-state index contributed by atoms with van der Waals surface area (Å²) in [6, 6.07) is 26.2. The van der Waals surface area contributed by atoms with Crippen LogP contribution in [-0.4, -0.2) is 13.3 Å². The molecule has 3 heterocycles. The van der Waals surface area contributed by atoms with Gasteiger partial charge < -0.3 is 14.4 Å². The molecule has 0 bridgehead atoms. The van der Waals surface area contributed by atoms with Gasteiger partial charge in [-0.05, 0) is 22.8 Å². The summed E-state index contributed by atoms with van der Waals surface area (Å²) in [7, 11) is 0. The van der Waals surface area contributed by atoms with Gasteiger partial charge in [0.1, 0.15) is 0 Å². The maximum atomic E-state index is 5.69. The summed E-state index contributed by atoms with van der Waals surface area (Å²) >= 11 is 0. The molecule has 5 nitrogen and oxygen atoms in total. The molecule has 1 fully saturated rings. The van der Waals surface area contributed by atoms with Crippen LogP contribution in [0.2, 0.25) is 0 Å². The van der Waals surface area contributed by atoms with Crippen molar-refractivity contribution < 1.29 is 9.47 Å². The van der Waals surface area contributed by atoms with Gasteiger partial charge in [0.15, 0.2) is 11.5 Å². The second-order valence-electron chi connectivity index (χ2n) is 7.95. The normalized spacial score (nSPS) is 24.3. The first-order chi connectivity index (χ1) is 14.4. The molecule has 0 amide bonds. The van der Waals surface area contributed by atoms with Gasteiger partial charge in [-0.3, -0.25) is 0 Å². The van der Waals surface area contributed by atoms with Crippen molar-refractivity contribution in [3.8, 4) is 11.5 Å². The molecule has 0 saturated carbocycles. The summed E-state index contributed by atoms with van der Waals surface area (Å²) in [6.07, 6.45) is 0. The quantitative estimate of drug-likeness (QED) is 0.715. The van der Waals surface area contributed by atoms with E-state index < -0.39 is 0 Å². The Hall–Kier alpha value is -3.02. The summed E-state index contributed by atoms with van der Waals surface area (Å²) in [5.41, 5.74) is 12.2. The van der Waals surface area contributed by atoms with E-state index in [1.54, 1.807) is 0 Å². The maximum absolute atomic E-state index is 5.69. The molecule has 29 heavy (non-hydrogen) atoms. The molecule has 3 aliphatic heterocycles. The number of anilines is 1. The lowest BCUT2D eigenvalue weighted by atomic mass is 9.81. The number of rotatable bonds is 3. The molecule has 3 aliphatic rings. The van der Waals surface area contributed by atoms with E-state index in [4.69, 9.17) is 9.47 Å². The predicted molar refractivity (Wildman–Crippen MR) is 112 cm³/mol. The number of nitrogens with one attached hydrogen (secondary N) is 2. The van der Waals surface area contributed by atoms with Crippen LogP contribution in [0.1, 0.15) is 28.8 Å². The first-order valence-corrected chi connectivity index (χ1v) is 10.2. The highest BCUT2D eigenvalue weighted by atomic mass is 16.7. The molecule has 0 radical (unpaired) electrons. The Morgan fingerprint density at radius 3 is 2.31 bits per heavy atom. The smallest absolute Gasteiger partial charge is 0.231 e. The van der Waals surface area contributed by atoms with Crippen LogP contribution in [0.3, 0.4) is 0 Å². The Kier molecular flexibility index (Phi) is 3.96. The van der Waals surface area contributed by atoms with Gasteiger partial charge in [0, 0.05) is 30.8 Å². The first-order valence-electron chi connectivity index (χ1n) is 10.2. The number of benzene rings is 3. The zero-order valence-corrected chi connectivity index (χ0v) is 16.0. The molecule has 0 spiro atoms. The monoisotopic (exact) mass is 385 g/mol. The van der Waals surface area contributed by atoms with Crippen molar-refractivity contribution in [2.75, 3.05) is 18.2 Å². The van der Waals surface area contributed by atoms with E-state index in [1.165, 1.54) is 22.4 Å². The minimum atomic E-state index is 0.233. The fourth-order valence-corrected chi connectivity index (χ4v) is 4.87. The minimum Gasteiger partial charge on any atom is -0.454 e. The summed E-state index contributed by atoms with van der Waals surface area (Å²) in [5.74, 6) is 2.09. The standard InChI is InChI=1S/C24H23N3O2/c1-3-7-16(8-4-1)13-27-14-19-23(17-9-5-2-6-10-17)25-26-24(19)18-11-21-22(12-20(18)27)29-15-28-21/h1-12,19,23-26H,13-15H2. The van der Waals surface area contributed by atoms with E-state index in [0.717, 1.165) is 24.6 Å². The van der Waals surface area contributed by atoms with Gasteiger partial charge in [0.25, 0.3) is 0 Å². The number of fused-ring (bicyclic) bond motifs is 4. The Morgan fingerprint density at radius 1 is 0.828 bits per heavy atom. The maximum Gasteiger partial charge on any atom is 0.231 e. The molecular formula is C24H23N3O2. The van der Waals surface area contributed by atoms with Crippen LogP contribution in [0.25, 0.3) is 0 Å². The van der Waals surface area contributed by atoms with Gasteiger partial charge in [-0.2, -0.15) is 0 Å². The SMILES string of the molecule is c1ccc(CN2CC3C(c4ccccc4)NNC3c3cc4c(cc32)OCO4)cc1. The highest BCUT2D eigenvalue weighted by Crippen LogP contribution is 2.49. The van der Waals surface area contributed by atoms with E-state index in [1.807, 2.05) is 0 Å². The Morgan fingerprint density at radius 2 is 1.52 bits per heavy atom. The zero-order valence-electron chi connectivity index (χ0n) is 16.0. The average molecular weight is 385 g/mol. The second kappa shape index (κ2) is 6.79. The lowest BCUT2D eigenvalue weighted by molar-refractivity contribution is 0.174. The van der Waals surface area contributed by atoms with E-state index in [9.17, 15) is 0 Å². The highest BCUT2D eigenvalue weighted by Gasteiger charge is 2.44. The van der Waals surface area contributed by atoms with Gasteiger partial charge in [0.2, 0.25) is 6.79 Å². The Labute approximate surface area is 170 Å². The summed E-state index contributed by atoms with van der Waals surface area (Å²) in [6.45, 7) is 2.13. The largest absolute Gasteiger partial charge is 0.454 e. The van der Waals surface area contributed by atoms with E-state index in [-0.39, 0.29) is 12.1 Å². The summed E-state index contributed by atoms with van der Waals surface area (Å²) < 4.78 is 11.4. The van der Waals surface area contributed by atoms with Crippen LogP contribution in [0.5, 0.6) is 11.5 Å². The van der Waals surface area contributed by atoms with Gasteiger partial charge in [-0.25, -0.2) is 10.9 Å². The van der Waals surface area contributed by atoms with Crippen LogP contribution < -0.4 is 25.2 Å². The van der Waals surface area contributed by atoms with Gasteiger partial charge in [-0.1, -0.05) is 60.7 Å². The van der Waals surface area contributed by atoms with Gasteiger partial charge in [0.05, 0.1) is 12.1 Å². The molecule has 1 saturated heterocycles. The van der Waals surface area contributed by atoms with E-state index in [2.05, 4.69) is 88.5 Å². The summed E-state index contributed by atoms with van der Waals surface area (Å²) in [5, 5.41) is 0. The van der Waals surface area contributed by atoms with Crippen LogP contribution in [0.4, 0.5) is 5.69 Å². The molecule has 6 rings (SSSR count). The van der Waals surface area contributed by atoms with Gasteiger partial charge >= 0.3 is 0 Å². The number of ether oxygens (including phenoxy) is 2. The lowest BCUT2D eigenvalue weighted by Gasteiger charge is -2.39. The van der Waals surface area contributed by atoms with Crippen LogP contribution >= 0.6 is 0 Å². The molecule has 3 unspecified atom stereocenters. The lowest BCUT2D eigenvalue weighted by Crippen LogP contribution is -2.39. The third kappa shape index (κ3) is 2.85. The predicted octanol–water partition coefficient (Wildman–Crippen LogP) is 3.94. The van der Waals surface area contributed by atoms with Crippen LogP contribution in [0.15, 0.2) is 72.8 Å². The van der Waals surface area contributed by atoms with Crippen molar-refractivity contribution >= 4 is 5.69 Å². The number of hydrazine groups is 1. The van der Waals surface area contributed by atoms with Crippen molar-refractivity contribution in [1.82, 2.24) is 10.9 Å². The van der Waals surface area contributed by atoms with Crippen molar-refractivity contribution in [3.63, 3.8) is 0 Å². The van der Waals surface area contributed by atoms with Crippen molar-refractivity contribution in [3.05, 3.63) is 89.5 Å². The topological polar surface area (TPSA) is 45.8 Å². The molecule has 0 aromatic heterocycles. The first kappa shape index (κ1) is 16.9. The number of hydrogen-bond acceptors (Lipinski definition) is 5. The van der Waals surface area contributed by atoms with Crippen LogP contribution in [0, 0.1) is 5.92 Å². The van der Waals surface area contributed by atoms with E-state index >= 15 is 0 Å². The number of hydrogen-bond donors (Lipinski definition) is 2. The molecule has 3 aromatic rings. The fourth-order valence-electron chi connectivity index (χ4n) is 4.87. The average Bonchev–Trinajstić information content (AvgIpc) is 3.40. The zero-order chi connectivity index (χ0) is 19.2. The van der Waals surface area contributed by atoms with E-state index in [0.29, 0.717) is 12.7 Å².